The second kappa shape index (κ2) is 8.19. The van der Waals surface area contributed by atoms with Gasteiger partial charge in [-0.15, -0.1) is 0 Å². The first kappa shape index (κ1) is 16.8. The Bertz CT molecular complexity index is 503. The van der Waals surface area contributed by atoms with E-state index in [9.17, 15) is 9.59 Å². The van der Waals surface area contributed by atoms with E-state index < -0.39 is 5.91 Å². The molecule has 0 saturated carbocycles. The predicted octanol–water partition coefficient (Wildman–Crippen LogP) is 1.16. The van der Waals surface area contributed by atoms with Crippen molar-refractivity contribution in [2.24, 2.45) is 5.73 Å². The fraction of sp³-hybridized carbons (Fsp3) is 0.500. The van der Waals surface area contributed by atoms with Crippen molar-refractivity contribution in [2.45, 2.75) is 25.4 Å². The number of nitrogens with one attached hydrogen (secondary N) is 1. The van der Waals surface area contributed by atoms with Gasteiger partial charge in [0.05, 0.1) is 12.6 Å². The molecular formula is C16H23N3O2S. The van der Waals surface area contributed by atoms with Gasteiger partial charge in [0, 0.05) is 30.5 Å². The third kappa shape index (κ3) is 4.74. The second-order valence-corrected chi connectivity index (χ2v) is 6.65. The highest BCUT2D eigenvalue weighted by atomic mass is 32.2. The van der Waals surface area contributed by atoms with Crippen LogP contribution in [0.2, 0.25) is 0 Å². The van der Waals surface area contributed by atoms with Crippen LogP contribution >= 0.6 is 11.8 Å². The molecule has 1 saturated heterocycles. The number of thioether (sulfide) groups is 1. The molecule has 1 aliphatic heterocycles. The van der Waals surface area contributed by atoms with Gasteiger partial charge in [-0.2, -0.15) is 11.8 Å². The predicted molar refractivity (Wildman–Crippen MR) is 89.5 cm³/mol. The smallest absolute Gasteiger partial charge is 0.237 e. The Labute approximate surface area is 135 Å². The van der Waals surface area contributed by atoms with E-state index in [-0.39, 0.29) is 24.5 Å². The van der Waals surface area contributed by atoms with E-state index in [1.54, 1.807) is 4.90 Å². The zero-order valence-electron chi connectivity index (χ0n) is 12.8. The topological polar surface area (TPSA) is 75.4 Å². The van der Waals surface area contributed by atoms with Gasteiger partial charge in [0.15, 0.2) is 0 Å². The van der Waals surface area contributed by atoms with Gasteiger partial charge in [0.25, 0.3) is 0 Å². The zero-order valence-corrected chi connectivity index (χ0v) is 13.6. The molecule has 1 aromatic rings. The molecule has 1 heterocycles. The number of benzene rings is 1. The van der Waals surface area contributed by atoms with Crippen molar-refractivity contribution in [3.63, 3.8) is 0 Å². The summed E-state index contributed by atoms with van der Waals surface area (Å²) in [4.78, 5) is 25.6. The normalized spacial score (nSPS) is 19.4. The number of primary amides is 1. The lowest BCUT2D eigenvalue weighted by Gasteiger charge is -2.31. The minimum absolute atomic E-state index is 0.0323. The van der Waals surface area contributed by atoms with Gasteiger partial charge in [0.1, 0.15) is 0 Å². The molecule has 0 aromatic heterocycles. The zero-order chi connectivity index (χ0) is 15.9. The number of carbonyl (C=O) groups excluding carboxylic acids is 2. The molecule has 2 rings (SSSR count). The van der Waals surface area contributed by atoms with Crippen molar-refractivity contribution < 1.29 is 9.59 Å². The van der Waals surface area contributed by atoms with Gasteiger partial charge in [-0.05, 0) is 12.5 Å². The van der Waals surface area contributed by atoms with Crippen LogP contribution in [0.5, 0.6) is 0 Å². The first-order valence-corrected chi connectivity index (χ1v) is 8.67. The van der Waals surface area contributed by atoms with E-state index in [0.29, 0.717) is 6.42 Å². The van der Waals surface area contributed by atoms with Crippen molar-refractivity contribution in [3.05, 3.63) is 35.9 Å². The summed E-state index contributed by atoms with van der Waals surface area (Å²) in [7, 11) is 0. The van der Waals surface area contributed by atoms with Crippen LogP contribution in [0.15, 0.2) is 30.3 Å². The third-order valence-corrected chi connectivity index (χ3v) is 4.95. The van der Waals surface area contributed by atoms with Crippen LogP contribution in [0, 0.1) is 0 Å². The summed E-state index contributed by atoms with van der Waals surface area (Å²) >= 11 is 1.85. The molecule has 1 fully saturated rings. The highest BCUT2D eigenvalue weighted by Gasteiger charge is 2.26. The number of carbonyl (C=O) groups is 2. The molecule has 5 nitrogen and oxygen atoms in total. The van der Waals surface area contributed by atoms with Crippen LogP contribution in [0.25, 0.3) is 0 Å². The van der Waals surface area contributed by atoms with Crippen molar-refractivity contribution in [1.29, 1.82) is 0 Å². The number of hydrogen-bond acceptors (Lipinski definition) is 4. The summed E-state index contributed by atoms with van der Waals surface area (Å²) < 4.78 is 0. The van der Waals surface area contributed by atoms with E-state index in [1.807, 2.05) is 49.0 Å². The lowest BCUT2D eigenvalue weighted by atomic mass is 10.1. The van der Waals surface area contributed by atoms with Gasteiger partial charge in [-0.3, -0.25) is 9.59 Å². The minimum atomic E-state index is -0.484. The highest BCUT2D eigenvalue weighted by Crippen LogP contribution is 2.21. The molecule has 0 aliphatic carbocycles. The summed E-state index contributed by atoms with van der Waals surface area (Å²) in [5.74, 6) is 1.49. The molecule has 0 bridgehead atoms. The molecule has 1 aromatic carbocycles. The Kier molecular flexibility index (Phi) is 6.27. The second-order valence-electron chi connectivity index (χ2n) is 5.50. The Morgan fingerprint density at radius 1 is 1.41 bits per heavy atom. The number of nitrogens with two attached hydrogens (primary N) is 1. The largest absolute Gasteiger partial charge is 0.368 e. The quantitative estimate of drug-likeness (QED) is 0.824. The number of rotatable bonds is 6. The lowest BCUT2D eigenvalue weighted by Crippen LogP contribution is -2.45. The van der Waals surface area contributed by atoms with Gasteiger partial charge < -0.3 is 16.0 Å². The molecular weight excluding hydrogens is 298 g/mol. The van der Waals surface area contributed by atoms with Gasteiger partial charge in [-0.25, -0.2) is 0 Å². The first-order chi connectivity index (χ1) is 10.6. The molecule has 120 valence electrons. The van der Waals surface area contributed by atoms with E-state index in [0.717, 1.165) is 23.6 Å². The summed E-state index contributed by atoms with van der Waals surface area (Å²) in [6, 6.07) is 9.71. The maximum absolute atomic E-state index is 12.6. The molecule has 1 aliphatic rings. The van der Waals surface area contributed by atoms with Crippen LogP contribution in [-0.2, 0) is 9.59 Å². The molecule has 1 unspecified atom stereocenters. The third-order valence-electron chi connectivity index (χ3n) is 3.82. The Morgan fingerprint density at radius 3 is 2.73 bits per heavy atom. The van der Waals surface area contributed by atoms with Gasteiger partial charge in [0.2, 0.25) is 11.8 Å². The number of nitrogens with zero attached hydrogens (tertiary/aromatic N) is 1. The summed E-state index contributed by atoms with van der Waals surface area (Å²) in [6.07, 6.45) is 0.400. The van der Waals surface area contributed by atoms with Crippen LogP contribution in [-0.4, -0.2) is 47.4 Å². The average Bonchev–Trinajstić information content (AvgIpc) is 2.53. The SMILES string of the molecule is C[C@H](c1ccccc1)N(CC(N)=O)C(=O)CC1CSCCN1. The number of amides is 2. The molecule has 2 atom stereocenters. The minimum Gasteiger partial charge on any atom is -0.368 e. The molecule has 2 amide bonds. The molecule has 6 heteroatoms. The molecule has 0 radical (unpaired) electrons. The lowest BCUT2D eigenvalue weighted by molar-refractivity contribution is -0.137. The summed E-state index contributed by atoms with van der Waals surface area (Å²) in [5.41, 5.74) is 6.33. The van der Waals surface area contributed by atoms with Gasteiger partial charge in [-0.1, -0.05) is 30.3 Å². The van der Waals surface area contributed by atoms with Crippen molar-refractivity contribution in [3.8, 4) is 0 Å². The van der Waals surface area contributed by atoms with Crippen LogP contribution < -0.4 is 11.1 Å². The van der Waals surface area contributed by atoms with Crippen LogP contribution in [0.3, 0.4) is 0 Å². The van der Waals surface area contributed by atoms with Gasteiger partial charge >= 0.3 is 0 Å². The molecule has 3 N–H and O–H groups in total. The summed E-state index contributed by atoms with van der Waals surface area (Å²) in [5, 5.41) is 3.35. The highest BCUT2D eigenvalue weighted by molar-refractivity contribution is 7.99. The van der Waals surface area contributed by atoms with Crippen molar-refractivity contribution >= 4 is 23.6 Å². The first-order valence-electron chi connectivity index (χ1n) is 7.51. The Morgan fingerprint density at radius 2 is 2.14 bits per heavy atom. The maximum Gasteiger partial charge on any atom is 0.237 e. The standard InChI is InChI=1S/C16H23N3O2S/c1-12(13-5-3-2-4-6-13)19(10-15(17)20)16(21)9-14-11-22-8-7-18-14/h2-6,12,14,18H,7-11H2,1H3,(H2,17,20)/t12-,14?/m1/s1. The van der Waals surface area contributed by atoms with Crippen molar-refractivity contribution in [2.75, 3.05) is 24.6 Å². The van der Waals surface area contributed by atoms with E-state index in [4.69, 9.17) is 5.73 Å². The average molecular weight is 321 g/mol. The number of hydrogen-bond donors (Lipinski definition) is 2. The monoisotopic (exact) mass is 321 g/mol. The molecule has 0 spiro atoms. The van der Waals surface area contributed by atoms with Crippen molar-refractivity contribution in [1.82, 2.24) is 10.2 Å². The fourth-order valence-electron chi connectivity index (χ4n) is 2.60. The van der Waals surface area contributed by atoms with Crippen LogP contribution in [0.1, 0.15) is 24.9 Å². The van der Waals surface area contributed by atoms with E-state index >= 15 is 0 Å². The maximum atomic E-state index is 12.6. The Hall–Kier alpha value is -1.53. The Balaban J connectivity index is 2.07. The summed E-state index contributed by atoms with van der Waals surface area (Å²) in [6.45, 7) is 2.81. The fourth-order valence-corrected chi connectivity index (χ4v) is 3.55. The van der Waals surface area contributed by atoms with E-state index in [2.05, 4.69) is 5.32 Å². The van der Waals surface area contributed by atoms with Crippen LogP contribution in [0.4, 0.5) is 0 Å². The molecule has 22 heavy (non-hydrogen) atoms. The van der Waals surface area contributed by atoms with E-state index in [1.165, 1.54) is 0 Å².